The van der Waals surface area contributed by atoms with Gasteiger partial charge in [0.25, 0.3) is 5.69 Å². The van der Waals surface area contributed by atoms with E-state index in [0.717, 1.165) is 5.56 Å². The van der Waals surface area contributed by atoms with Crippen molar-refractivity contribution in [3.8, 4) is 6.07 Å². The number of nitrogens with two attached hydrogens (primary N) is 1. The highest BCUT2D eigenvalue weighted by Gasteiger charge is 2.11. The minimum absolute atomic E-state index is 0.118. The third kappa shape index (κ3) is 2.51. The number of nitro benzene ring substituents is 1. The highest BCUT2D eigenvalue weighted by Crippen LogP contribution is 2.22. The molecule has 0 unspecified atom stereocenters. The Bertz CT molecular complexity index is 700. The van der Waals surface area contributed by atoms with Crippen LogP contribution < -0.4 is 11.1 Å². The number of nitrogens with one attached hydrogen (secondary N) is 1. The summed E-state index contributed by atoms with van der Waals surface area (Å²) in [4.78, 5) is 10.1. The van der Waals surface area contributed by atoms with E-state index in [0.29, 0.717) is 18.1 Å². The second kappa shape index (κ2) is 5.27. The first kappa shape index (κ1) is 13.4. The maximum atomic E-state index is 10.7. The van der Waals surface area contributed by atoms with Crippen LogP contribution in [0.15, 0.2) is 24.4 Å². The van der Waals surface area contributed by atoms with Gasteiger partial charge in [-0.2, -0.15) is 10.4 Å². The first-order valence-corrected chi connectivity index (χ1v) is 5.71. The second-order valence-electron chi connectivity index (χ2n) is 4.13. The van der Waals surface area contributed by atoms with Crippen molar-refractivity contribution in [3.63, 3.8) is 0 Å². The molecule has 0 amide bonds. The van der Waals surface area contributed by atoms with E-state index in [4.69, 9.17) is 11.0 Å². The monoisotopic (exact) mass is 272 g/mol. The first-order valence-electron chi connectivity index (χ1n) is 5.71. The Morgan fingerprint density at radius 1 is 1.60 bits per heavy atom. The standard InChI is InChI=1S/C12H12N6O2/c1-17-12(14)9(7-16-17)6-15-11-3-2-10(18(19)20)4-8(11)5-13/h2-4,7,15H,6,14H2,1H3. The molecule has 0 aliphatic carbocycles. The summed E-state index contributed by atoms with van der Waals surface area (Å²) in [6.45, 7) is 0.381. The van der Waals surface area contributed by atoms with Gasteiger partial charge in [-0.05, 0) is 6.07 Å². The summed E-state index contributed by atoms with van der Waals surface area (Å²) in [7, 11) is 1.73. The molecule has 0 aliphatic rings. The number of hydrogen-bond donors (Lipinski definition) is 2. The van der Waals surface area contributed by atoms with E-state index < -0.39 is 4.92 Å². The minimum Gasteiger partial charge on any atom is -0.384 e. The van der Waals surface area contributed by atoms with E-state index in [1.54, 1.807) is 13.2 Å². The van der Waals surface area contributed by atoms with Crippen molar-refractivity contribution in [2.75, 3.05) is 11.1 Å². The highest BCUT2D eigenvalue weighted by atomic mass is 16.6. The Balaban J connectivity index is 2.20. The number of nitrogens with zero attached hydrogens (tertiary/aromatic N) is 4. The summed E-state index contributed by atoms with van der Waals surface area (Å²) in [6.07, 6.45) is 1.62. The number of aryl methyl sites for hydroxylation is 1. The average molecular weight is 272 g/mol. The van der Waals surface area contributed by atoms with E-state index >= 15 is 0 Å². The third-order valence-corrected chi connectivity index (χ3v) is 2.87. The predicted molar refractivity (Wildman–Crippen MR) is 72.8 cm³/mol. The molecular formula is C12H12N6O2. The smallest absolute Gasteiger partial charge is 0.270 e. The molecule has 8 heteroatoms. The molecule has 20 heavy (non-hydrogen) atoms. The van der Waals surface area contributed by atoms with Gasteiger partial charge >= 0.3 is 0 Å². The van der Waals surface area contributed by atoms with E-state index in [2.05, 4.69) is 10.4 Å². The van der Waals surface area contributed by atoms with E-state index in [1.165, 1.54) is 22.9 Å². The molecule has 1 heterocycles. The Labute approximate surface area is 114 Å². The van der Waals surface area contributed by atoms with Gasteiger partial charge in [-0.3, -0.25) is 14.8 Å². The molecule has 0 aliphatic heterocycles. The number of rotatable bonds is 4. The number of aromatic nitrogens is 2. The van der Waals surface area contributed by atoms with Crippen LogP contribution in [0, 0.1) is 21.4 Å². The maximum Gasteiger partial charge on any atom is 0.270 e. The van der Waals surface area contributed by atoms with Crippen LogP contribution in [0.3, 0.4) is 0 Å². The molecule has 0 fully saturated rings. The first-order chi connectivity index (χ1) is 9.52. The van der Waals surface area contributed by atoms with Gasteiger partial charge in [0.2, 0.25) is 0 Å². The van der Waals surface area contributed by atoms with Gasteiger partial charge in [0.05, 0.1) is 22.4 Å². The third-order valence-electron chi connectivity index (χ3n) is 2.87. The van der Waals surface area contributed by atoms with Crippen LogP contribution in [-0.4, -0.2) is 14.7 Å². The number of nitrogen functional groups attached to an aromatic ring is 1. The predicted octanol–water partition coefficient (Wildman–Crippen LogP) is 1.39. The lowest BCUT2D eigenvalue weighted by Gasteiger charge is -2.07. The van der Waals surface area contributed by atoms with Crippen LogP contribution in [0.5, 0.6) is 0 Å². The van der Waals surface area contributed by atoms with Crippen molar-refractivity contribution in [1.82, 2.24) is 9.78 Å². The van der Waals surface area contributed by atoms with Gasteiger partial charge in [0.1, 0.15) is 11.9 Å². The molecule has 3 N–H and O–H groups in total. The fourth-order valence-corrected chi connectivity index (χ4v) is 1.71. The molecule has 2 aromatic rings. The molecule has 0 bridgehead atoms. The fourth-order valence-electron chi connectivity index (χ4n) is 1.71. The number of nitriles is 1. The lowest BCUT2D eigenvalue weighted by molar-refractivity contribution is -0.384. The number of hydrogen-bond acceptors (Lipinski definition) is 6. The van der Waals surface area contributed by atoms with Crippen LogP contribution >= 0.6 is 0 Å². The number of benzene rings is 1. The van der Waals surface area contributed by atoms with Crippen LogP contribution in [0.2, 0.25) is 0 Å². The molecule has 2 rings (SSSR count). The lowest BCUT2D eigenvalue weighted by Crippen LogP contribution is -2.05. The Morgan fingerprint density at radius 3 is 2.90 bits per heavy atom. The second-order valence-corrected chi connectivity index (χ2v) is 4.13. The van der Waals surface area contributed by atoms with Gasteiger partial charge in [0.15, 0.2) is 0 Å². The van der Waals surface area contributed by atoms with E-state index in [9.17, 15) is 10.1 Å². The van der Waals surface area contributed by atoms with E-state index in [1.807, 2.05) is 6.07 Å². The van der Waals surface area contributed by atoms with Crippen molar-refractivity contribution in [1.29, 1.82) is 5.26 Å². The van der Waals surface area contributed by atoms with Crippen molar-refractivity contribution in [2.24, 2.45) is 7.05 Å². The van der Waals surface area contributed by atoms with E-state index in [-0.39, 0.29) is 11.3 Å². The van der Waals surface area contributed by atoms with Crippen LogP contribution in [0.1, 0.15) is 11.1 Å². The van der Waals surface area contributed by atoms with Crippen LogP contribution in [0.25, 0.3) is 0 Å². The average Bonchev–Trinajstić information content (AvgIpc) is 2.76. The summed E-state index contributed by atoms with van der Waals surface area (Å²) in [5.74, 6) is 0.526. The van der Waals surface area contributed by atoms with Crippen LogP contribution in [-0.2, 0) is 13.6 Å². The molecule has 0 spiro atoms. The van der Waals surface area contributed by atoms with Crippen molar-refractivity contribution < 1.29 is 4.92 Å². The molecule has 8 nitrogen and oxygen atoms in total. The van der Waals surface area contributed by atoms with Gasteiger partial charge in [-0.15, -0.1) is 0 Å². The van der Waals surface area contributed by atoms with Crippen LogP contribution in [0.4, 0.5) is 17.2 Å². The molecule has 0 atom stereocenters. The Kier molecular flexibility index (Phi) is 3.52. The molecule has 0 radical (unpaired) electrons. The van der Waals surface area contributed by atoms with Gasteiger partial charge < -0.3 is 11.1 Å². The summed E-state index contributed by atoms with van der Waals surface area (Å²) in [5.41, 5.74) is 7.20. The summed E-state index contributed by atoms with van der Waals surface area (Å²) in [6, 6.07) is 6.01. The summed E-state index contributed by atoms with van der Waals surface area (Å²) >= 11 is 0. The van der Waals surface area contributed by atoms with Gasteiger partial charge in [0, 0.05) is 31.3 Å². The lowest BCUT2D eigenvalue weighted by atomic mass is 10.1. The quantitative estimate of drug-likeness (QED) is 0.640. The number of anilines is 2. The maximum absolute atomic E-state index is 10.7. The SMILES string of the molecule is Cn1ncc(CNc2ccc([N+](=O)[O-])cc2C#N)c1N. The molecule has 1 aromatic heterocycles. The highest BCUT2D eigenvalue weighted by molar-refractivity contribution is 5.61. The van der Waals surface area contributed by atoms with Crippen molar-refractivity contribution in [3.05, 3.63) is 45.6 Å². The van der Waals surface area contributed by atoms with Crippen molar-refractivity contribution in [2.45, 2.75) is 6.54 Å². The number of non-ortho nitro benzene ring substituents is 1. The normalized spacial score (nSPS) is 10.0. The van der Waals surface area contributed by atoms with Gasteiger partial charge in [-0.25, -0.2) is 0 Å². The summed E-state index contributed by atoms with van der Waals surface area (Å²) < 4.78 is 1.54. The molecule has 0 saturated carbocycles. The number of nitro groups is 1. The zero-order chi connectivity index (χ0) is 14.7. The molecule has 0 saturated heterocycles. The molecular weight excluding hydrogens is 260 g/mol. The Hall–Kier alpha value is -3.08. The molecule has 102 valence electrons. The van der Waals surface area contributed by atoms with Crippen molar-refractivity contribution >= 4 is 17.2 Å². The fraction of sp³-hybridized carbons (Fsp3) is 0.167. The van der Waals surface area contributed by atoms with Gasteiger partial charge in [-0.1, -0.05) is 0 Å². The molecule has 1 aromatic carbocycles. The zero-order valence-electron chi connectivity index (χ0n) is 10.7. The Morgan fingerprint density at radius 2 is 2.35 bits per heavy atom. The minimum atomic E-state index is -0.538. The largest absolute Gasteiger partial charge is 0.384 e. The zero-order valence-corrected chi connectivity index (χ0v) is 10.7. The topological polar surface area (TPSA) is 123 Å². The summed E-state index contributed by atoms with van der Waals surface area (Å²) in [5, 5.41) is 26.7.